The number of urea groups is 1. The van der Waals surface area contributed by atoms with E-state index in [0.29, 0.717) is 34.2 Å². The summed E-state index contributed by atoms with van der Waals surface area (Å²) in [5.41, 5.74) is 2.36. The van der Waals surface area contributed by atoms with Gasteiger partial charge in [-0.3, -0.25) is 9.69 Å². The zero-order valence-corrected chi connectivity index (χ0v) is 24.0. The Morgan fingerprint density at radius 3 is 2.67 bits per heavy atom. The molecule has 6 rings (SSSR count). The third-order valence-electron chi connectivity index (χ3n) is 6.79. The summed E-state index contributed by atoms with van der Waals surface area (Å²) >= 11 is 2.91. The van der Waals surface area contributed by atoms with Crippen LogP contribution in [0.25, 0.3) is 20.7 Å². The van der Waals surface area contributed by atoms with Crippen LogP contribution in [0.3, 0.4) is 0 Å². The zero-order valence-electron chi connectivity index (χ0n) is 22.4. The highest BCUT2D eigenvalue weighted by atomic mass is 32.1. The van der Waals surface area contributed by atoms with Crippen molar-refractivity contribution in [2.75, 3.05) is 23.3 Å². The molecule has 1 unspecified atom stereocenters. The Balaban J connectivity index is 1.25. The van der Waals surface area contributed by atoms with E-state index in [0.717, 1.165) is 34.4 Å². The van der Waals surface area contributed by atoms with Crippen molar-refractivity contribution in [1.82, 2.24) is 15.2 Å². The van der Waals surface area contributed by atoms with E-state index in [1.807, 2.05) is 56.5 Å². The van der Waals surface area contributed by atoms with E-state index in [1.54, 1.807) is 33.4 Å². The van der Waals surface area contributed by atoms with Crippen molar-refractivity contribution in [3.63, 3.8) is 0 Å². The first-order chi connectivity index (χ1) is 19.2. The Bertz CT molecular complexity index is 1590. The summed E-state index contributed by atoms with van der Waals surface area (Å²) in [6, 6.07) is 13.1. The van der Waals surface area contributed by atoms with Crippen LogP contribution in [0.2, 0.25) is 0 Å². The molecule has 0 bridgehead atoms. The predicted molar refractivity (Wildman–Crippen MR) is 159 cm³/mol. The van der Waals surface area contributed by atoms with Gasteiger partial charge in [-0.25, -0.2) is 14.6 Å². The second kappa shape index (κ2) is 10.2. The summed E-state index contributed by atoms with van der Waals surface area (Å²) in [6.07, 6.45) is 2.78. The van der Waals surface area contributed by atoms with Crippen LogP contribution in [-0.2, 0) is 4.74 Å². The zero-order chi connectivity index (χ0) is 28.0. The van der Waals surface area contributed by atoms with Gasteiger partial charge in [0.25, 0.3) is 5.91 Å². The number of nitrogens with one attached hydrogen (secondary N) is 2. The van der Waals surface area contributed by atoms with Crippen LogP contribution in [0, 0.1) is 0 Å². The second-order valence-electron chi connectivity index (χ2n) is 10.8. The van der Waals surface area contributed by atoms with Crippen LogP contribution in [-0.4, -0.2) is 52.6 Å². The largest absolute Gasteiger partial charge is 0.444 e. The van der Waals surface area contributed by atoms with Crippen molar-refractivity contribution >= 4 is 68.0 Å². The number of rotatable bonds is 4. The topological polar surface area (TPSA) is 104 Å². The summed E-state index contributed by atoms with van der Waals surface area (Å²) in [7, 11) is 0. The van der Waals surface area contributed by atoms with Crippen LogP contribution < -0.4 is 15.5 Å². The molecule has 0 radical (unpaired) electrons. The highest BCUT2D eigenvalue weighted by Gasteiger charge is 2.34. The van der Waals surface area contributed by atoms with Gasteiger partial charge in [-0.1, -0.05) is 18.2 Å². The lowest BCUT2D eigenvalue weighted by Gasteiger charge is -2.34. The van der Waals surface area contributed by atoms with Crippen LogP contribution in [0.4, 0.5) is 26.7 Å². The maximum Gasteiger partial charge on any atom is 0.410 e. The Morgan fingerprint density at radius 2 is 1.95 bits per heavy atom. The third-order valence-corrected chi connectivity index (χ3v) is 8.81. The molecule has 1 fully saturated rings. The Morgan fingerprint density at radius 1 is 1.15 bits per heavy atom. The number of hydrogen-bond donors (Lipinski definition) is 2. The van der Waals surface area contributed by atoms with Gasteiger partial charge in [0.05, 0.1) is 22.4 Å². The van der Waals surface area contributed by atoms with E-state index in [4.69, 9.17) is 4.74 Å². The number of pyridine rings is 1. The van der Waals surface area contributed by atoms with E-state index in [9.17, 15) is 14.4 Å². The van der Waals surface area contributed by atoms with Crippen LogP contribution in [0.1, 0.15) is 43.3 Å². The average Bonchev–Trinajstić information content (AvgIpc) is 3.58. The molecule has 11 heteroatoms. The van der Waals surface area contributed by atoms with Gasteiger partial charge in [0.15, 0.2) is 0 Å². The van der Waals surface area contributed by atoms with Gasteiger partial charge in [0.1, 0.15) is 15.3 Å². The van der Waals surface area contributed by atoms with Crippen molar-refractivity contribution < 1.29 is 19.1 Å². The fourth-order valence-electron chi connectivity index (χ4n) is 5.06. The monoisotopic (exact) mass is 575 g/mol. The normalized spacial score (nSPS) is 17.1. The fraction of sp³-hybridized carbons (Fsp3) is 0.310. The number of aromatic nitrogens is 1. The number of benzene rings is 1. The molecule has 4 amide bonds. The van der Waals surface area contributed by atoms with Gasteiger partial charge in [-0.15, -0.1) is 22.7 Å². The quantitative estimate of drug-likeness (QED) is 0.277. The van der Waals surface area contributed by atoms with Gasteiger partial charge in [0, 0.05) is 30.2 Å². The predicted octanol–water partition coefficient (Wildman–Crippen LogP) is 6.84. The highest BCUT2D eigenvalue weighted by Crippen LogP contribution is 2.46. The molecule has 2 aliphatic heterocycles. The lowest BCUT2D eigenvalue weighted by Crippen LogP contribution is -2.50. The fourth-order valence-corrected chi connectivity index (χ4v) is 6.81. The molecule has 9 nitrogen and oxygen atoms in total. The third kappa shape index (κ3) is 5.02. The first kappa shape index (κ1) is 26.3. The van der Waals surface area contributed by atoms with Crippen LogP contribution >= 0.6 is 22.7 Å². The molecule has 0 saturated carbocycles. The van der Waals surface area contributed by atoms with Crippen molar-refractivity contribution in [2.45, 2.75) is 45.3 Å². The molecule has 1 atom stereocenters. The number of likely N-dealkylation sites (tertiary alicyclic amines) is 1. The summed E-state index contributed by atoms with van der Waals surface area (Å²) in [5, 5.41) is 8.79. The van der Waals surface area contributed by atoms with Crippen molar-refractivity contribution in [1.29, 1.82) is 0 Å². The SMILES string of the molecule is CC(C)(C)OC(=O)N1CCCC(NC(=O)c2sc3nccc4c3c2NC(=O)N4c2ccc(-c3cccs3)cc2)C1. The second-order valence-corrected chi connectivity index (χ2v) is 12.8. The molecular formula is C29H29N5O4S2. The molecule has 0 aliphatic carbocycles. The highest BCUT2D eigenvalue weighted by molar-refractivity contribution is 7.21. The number of nitrogens with zero attached hydrogens (tertiary/aromatic N) is 3. The van der Waals surface area contributed by atoms with Gasteiger partial charge >= 0.3 is 12.1 Å². The number of anilines is 3. The summed E-state index contributed by atoms with van der Waals surface area (Å²) in [5.74, 6) is -0.297. The van der Waals surface area contributed by atoms with Gasteiger partial charge in [-0.2, -0.15) is 0 Å². The maximum absolute atomic E-state index is 13.5. The molecular weight excluding hydrogens is 546 g/mol. The summed E-state index contributed by atoms with van der Waals surface area (Å²) < 4.78 is 5.51. The molecule has 1 aromatic carbocycles. The number of ether oxygens (including phenoxy) is 1. The van der Waals surface area contributed by atoms with E-state index in [1.165, 1.54) is 11.3 Å². The standard InChI is InChI=1S/C29H29N5O4S2/c1-29(2,3)38-28(37)33-14-4-6-18(16-33)31-25(35)24-23-22-20(12-13-30-26(22)40-24)34(27(36)32-23)19-10-8-17(9-11-19)21-7-5-15-39-21/h5,7-13,15,18H,4,6,14,16H2,1-3H3,(H,31,35)(H,32,36). The number of hydrogen-bond acceptors (Lipinski definition) is 7. The van der Waals surface area contributed by atoms with Crippen molar-refractivity contribution in [2.24, 2.45) is 0 Å². The van der Waals surface area contributed by atoms with Crippen molar-refractivity contribution in [3.8, 4) is 10.4 Å². The molecule has 0 spiro atoms. The molecule has 1 saturated heterocycles. The van der Waals surface area contributed by atoms with Crippen molar-refractivity contribution in [3.05, 3.63) is 58.9 Å². The number of amides is 4. The van der Waals surface area contributed by atoms with Gasteiger partial charge < -0.3 is 20.3 Å². The Labute approximate surface area is 239 Å². The van der Waals surface area contributed by atoms with E-state index in [-0.39, 0.29) is 24.1 Å². The molecule has 3 aromatic heterocycles. The minimum absolute atomic E-state index is 0.226. The molecule has 40 heavy (non-hydrogen) atoms. The Kier molecular flexibility index (Phi) is 6.71. The number of carbonyl (C=O) groups excluding carboxylic acids is 3. The van der Waals surface area contributed by atoms with Gasteiger partial charge in [-0.05, 0) is 68.8 Å². The first-order valence-corrected chi connectivity index (χ1v) is 14.8. The van der Waals surface area contributed by atoms with Gasteiger partial charge in [0.2, 0.25) is 0 Å². The molecule has 206 valence electrons. The molecule has 4 aromatic rings. The van der Waals surface area contributed by atoms with E-state index in [2.05, 4.69) is 21.7 Å². The Hall–Kier alpha value is -3.96. The lowest BCUT2D eigenvalue weighted by molar-refractivity contribution is 0.0185. The smallest absolute Gasteiger partial charge is 0.410 e. The van der Waals surface area contributed by atoms with E-state index >= 15 is 0 Å². The number of piperidine rings is 1. The maximum atomic E-state index is 13.5. The van der Waals surface area contributed by atoms with Crippen LogP contribution in [0.15, 0.2) is 54.0 Å². The van der Waals surface area contributed by atoms with E-state index < -0.39 is 5.60 Å². The molecule has 2 aliphatic rings. The molecule has 5 heterocycles. The summed E-state index contributed by atoms with van der Waals surface area (Å²) in [6.45, 7) is 6.45. The number of thiophene rings is 2. The average molecular weight is 576 g/mol. The molecule has 2 N–H and O–H groups in total. The lowest BCUT2D eigenvalue weighted by atomic mass is 10.1. The summed E-state index contributed by atoms with van der Waals surface area (Å²) in [4.78, 5) is 49.4. The van der Waals surface area contributed by atoms with Crippen LogP contribution in [0.5, 0.6) is 0 Å². The minimum Gasteiger partial charge on any atom is -0.444 e. The first-order valence-electron chi connectivity index (χ1n) is 13.1. The number of carbonyl (C=O) groups is 3. The minimum atomic E-state index is -0.587.